The van der Waals surface area contributed by atoms with Crippen molar-refractivity contribution in [3.05, 3.63) is 35.1 Å². The first kappa shape index (κ1) is 10.6. The summed E-state index contributed by atoms with van der Waals surface area (Å²) in [7, 11) is 0. The minimum Gasteiger partial charge on any atom is -0.394 e. The average Bonchev–Trinajstić information content (AvgIpc) is 2.98. The minimum absolute atomic E-state index is 0.0128. The van der Waals surface area contributed by atoms with Crippen LogP contribution in [0.1, 0.15) is 17.5 Å². The normalized spacial score (nSPS) is 24.2. The molecule has 0 aromatic heterocycles. The second-order valence-electron chi connectivity index (χ2n) is 4.01. The van der Waals surface area contributed by atoms with Crippen molar-refractivity contribution < 1.29 is 14.2 Å². The molecule has 1 N–H and O–H groups in total. The average molecular weight is 210 g/mol. The van der Waals surface area contributed by atoms with Crippen molar-refractivity contribution in [1.82, 2.24) is 0 Å². The zero-order valence-corrected chi connectivity index (χ0v) is 8.74. The Morgan fingerprint density at radius 2 is 2.20 bits per heavy atom. The van der Waals surface area contributed by atoms with E-state index in [4.69, 9.17) is 9.84 Å². The first-order chi connectivity index (χ1) is 7.20. The number of aliphatic hydroxyl groups excluding tert-OH is 1. The highest BCUT2D eigenvalue weighted by atomic mass is 19.1. The summed E-state index contributed by atoms with van der Waals surface area (Å²) in [5.41, 5.74) is 2.14. The lowest BCUT2D eigenvalue weighted by Gasteiger charge is -2.04. The fourth-order valence-corrected chi connectivity index (χ4v) is 1.80. The van der Waals surface area contributed by atoms with E-state index >= 15 is 0 Å². The van der Waals surface area contributed by atoms with Gasteiger partial charge in [0.05, 0.1) is 12.7 Å². The van der Waals surface area contributed by atoms with E-state index in [2.05, 4.69) is 0 Å². The maximum Gasteiger partial charge on any atom is 0.123 e. The number of halogens is 1. The van der Waals surface area contributed by atoms with Crippen LogP contribution in [0.15, 0.2) is 18.2 Å². The van der Waals surface area contributed by atoms with Gasteiger partial charge in [0.15, 0.2) is 0 Å². The van der Waals surface area contributed by atoms with Crippen molar-refractivity contribution in [2.45, 2.75) is 32.0 Å². The highest BCUT2D eigenvalue weighted by Gasteiger charge is 2.37. The number of aliphatic hydroxyl groups is 1. The molecule has 1 aromatic carbocycles. The van der Waals surface area contributed by atoms with Crippen molar-refractivity contribution in [2.24, 2.45) is 0 Å². The molecule has 0 aliphatic carbocycles. The third-order valence-corrected chi connectivity index (χ3v) is 2.88. The summed E-state index contributed by atoms with van der Waals surface area (Å²) in [4.78, 5) is 0. The molecule has 0 bridgehead atoms. The Morgan fingerprint density at radius 1 is 1.40 bits per heavy atom. The van der Waals surface area contributed by atoms with Crippen molar-refractivity contribution in [1.29, 1.82) is 0 Å². The molecule has 1 heterocycles. The van der Waals surface area contributed by atoms with Crippen molar-refractivity contribution in [3.8, 4) is 0 Å². The topological polar surface area (TPSA) is 32.8 Å². The van der Waals surface area contributed by atoms with E-state index in [1.807, 2.05) is 6.92 Å². The molecule has 0 saturated carbocycles. The van der Waals surface area contributed by atoms with Crippen LogP contribution in [-0.2, 0) is 11.2 Å². The molecule has 1 aliphatic rings. The molecular formula is C12H15FO2. The standard InChI is InChI=1S/C12H15FO2/c1-8-2-4-10(13)6-9(8)3-5-11-12(7-14)15-11/h2,4,6,11-12,14H,3,5,7H2,1H3. The first-order valence-electron chi connectivity index (χ1n) is 5.22. The van der Waals surface area contributed by atoms with Gasteiger partial charge in [-0.15, -0.1) is 0 Å². The Morgan fingerprint density at radius 3 is 2.87 bits per heavy atom. The maximum atomic E-state index is 13.0. The van der Waals surface area contributed by atoms with Crippen LogP contribution in [0.4, 0.5) is 4.39 Å². The number of hydrogen-bond donors (Lipinski definition) is 1. The summed E-state index contributed by atoms with van der Waals surface area (Å²) < 4.78 is 18.2. The number of benzene rings is 1. The fourth-order valence-electron chi connectivity index (χ4n) is 1.80. The highest BCUT2D eigenvalue weighted by Crippen LogP contribution is 2.26. The van der Waals surface area contributed by atoms with Crippen molar-refractivity contribution in [3.63, 3.8) is 0 Å². The van der Waals surface area contributed by atoms with Crippen molar-refractivity contribution >= 4 is 0 Å². The van der Waals surface area contributed by atoms with Crippen LogP contribution < -0.4 is 0 Å². The maximum absolute atomic E-state index is 13.0. The summed E-state index contributed by atoms with van der Waals surface area (Å²) in [6, 6.07) is 4.84. The van der Waals surface area contributed by atoms with Crippen LogP contribution in [0.25, 0.3) is 0 Å². The lowest BCUT2D eigenvalue weighted by atomic mass is 10.0. The predicted octanol–water partition coefficient (Wildman–Crippen LogP) is 1.83. The molecule has 0 spiro atoms. The van der Waals surface area contributed by atoms with Gasteiger partial charge in [-0.3, -0.25) is 0 Å². The summed E-state index contributed by atoms with van der Waals surface area (Å²) in [5, 5.41) is 8.79. The Labute approximate surface area is 88.7 Å². The van der Waals surface area contributed by atoms with Crippen LogP contribution in [0.5, 0.6) is 0 Å². The van der Waals surface area contributed by atoms with E-state index in [-0.39, 0.29) is 24.6 Å². The molecule has 15 heavy (non-hydrogen) atoms. The largest absolute Gasteiger partial charge is 0.394 e. The van der Waals surface area contributed by atoms with Crippen LogP contribution >= 0.6 is 0 Å². The molecule has 0 amide bonds. The second kappa shape index (κ2) is 4.29. The summed E-state index contributed by atoms with van der Waals surface area (Å²) in [5.74, 6) is -0.189. The third kappa shape index (κ3) is 2.55. The molecule has 0 radical (unpaired) electrons. The molecule has 1 aliphatic heterocycles. The Kier molecular flexibility index (Phi) is 3.03. The number of aryl methyl sites for hydroxylation is 2. The molecule has 1 aromatic rings. The second-order valence-corrected chi connectivity index (χ2v) is 4.01. The summed E-state index contributed by atoms with van der Waals surface area (Å²) in [6.45, 7) is 2.07. The predicted molar refractivity (Wildman–Crippen MR) is 55.2 cm³/mol. The minimum atomic E-state index is -0.189. The number of rotatable bonds is 4. The first-order valence-corrected chi connectivity index (χ1v) is 5.22. The van der Waals surface area contributed by atoms with Gasteiger partial charge in [0, 0.05) is 0 Å². The van der Waals surface area contributed by atoms with Crippen LogP contribution in [-0.4, -0.2) is 23.9 Å². The van der Waals surface area contributed by atoms with Gasteiger partial charge < -0.3 is 9.84 Å². The molecule has 82 valence electrons. The Hall–Kier alpha value is -0.930. The molecule has 1 fully saturated rings. The van der Waals surface area contributed by atoms with Crippen LogP contribution in [0.3, 0.4) is 0 Å². The zero-order chi connectivity index (χ0) is 10.8. The zero-order valence-electron chi connectivity index (χ0n) is 8.74. The van der Waals surface area contributed by atoms with Gasteiger partial charge in [0.25, 0.3) is 0 Å². The van der Waals surface area contributed by atoms with E-state index in [0.717, 1.165) is 24.0 Å². The third-order valence-electron chi connectivity index (χ3n) is 2.88. The van der Waals surface area contributed by atoms with Gasteiger partial charge in [-0.1, -0.05) is 6.07 Å². The molecule has 1 saturated heterocycles. The van der Waals surface area contributed by atoms with Crippen LogP contribution in [0.2, 0.25) is 0 Å². The molecule has 2 nitrogen and oxygen atoms in total. The van der Waals surface area contributed by atoms with E-state index in [9.17, 15) is 4.39 Å². The number of hydrogen-bond acceptors (Lipinski definition) is 2. The van der Waals surface area contributed by atoms with Gasteiger partial charge in [0.2, 0.25) is 0 Å². The monoisotopic (exact) mass is 210 g/mol. The molecule has 3 heteroatoms. The van der Waals surface area contributed by atoms with Gasteiger partial charge in [-0.25, -0.2) is 4.39 Å². The number of ether oxygens (including phenoxy) is 1. The molecular weight excluding hydrogens is 195 g/mol. The van der Waals surface area contributed by atoms with Gasteiger partial charge in [-0.2, -0.15) is 0 Å². The van der Waals surface area contributed by atoms with Gasteiger partial charge in [0.1, 0.15) is 11.9 Å². The Bertz CT molecular complexity index is 351. The van der Waals surface area contributed by atoms with Gasteiger partial charge in [-0.05, 0) is 43.0 Å². The lowest BCUT2D eigenvalue weighted by Crippen LogP contribution is -2.01. The Balaban J connectivity index is 1.91. The SMILES string of the molecule is Cc1ccc(F)cc1CCC1OC1CO. The highest BCUT2D eigenvalue weighted by molar-refractivity contribution is 5.26. The lowest BCUT2D eigenvalue weighted by molar-refractivity contribution is 0.241. The summed E-state index contributed by atoms with van der Waals surface area (Å²) in [6.07, 6.45) is 1.84. The van der Waals surface area contributed by atoms with Gasteiger partial charge >= 0.3 is 0 Å². The quantitative estimate of drug-likeness (QED) is 0.769. The van der Waals surface area contributed by atoms with E-state index < -0.39 is 0 Å². The smallest absolute Gasteiger partial charge is 0.123 e. The molecule has 2 rings (SSSR count). The fraction of sp³-hybridized carbons (Fsp3) is 0.500. The van der Waals surface area contributed by atoms with E-state index in [1.54, 1.807) is 12.1 Å². The van der Waals surface area contributed by atoms with E-state index in [0.29, 0.717) is 0 Å². The molecule has 2 atom stereocenters. The summed E-state index contributed by atoms with van der Waals surface area (Å²) >= 11 is 0. The van der Waals surface area contributed by atoms with Crippen LogP contribution in [0, 0.1) is 12.7 Å². The molecule has 2 unspecified atom stereocenters. The van der Waals surface area contributed by atoms with Crippen molar-refractivity contribution in [2.75, 3.05) is 6.61 Å². The number of epoxide rings is 1. The van der Waals surface area contributed by atoms with E-state index in [1.165, 1.54) is 6.07 Å².